The van der Waals surface area contributed by atoms with Crippen LogP contribution in [-0.4, -0.2) is 70.6 Å². The largest absolute Gasteiger partial charge is 0.356 e. The van der Waals surface area contributed by atoms with Gasteiger partial charge in [-0.15, -0.1) is 24.0 Å². The van der Waals surface area contributed by atoms with E-state index < -0.39 is 9.84 Å². The zero-order valence-electron chi connectivity index (χ0n) is 15.4. The average Bonchev–Trinajstić information content (AvgIpc) is 2.76. The molecule has 1 heterocycles. The molecule has 1 fully saturated rings. The molecule has 1 saturated heterocycles. The first-order valence-electron chi connectivity index (χ1n) is 8.78. The molecular weight excluding hydrogens is 439 g/mol. The smallest absolute Gasteiger partial charge is 0.191 e. The fraction of sp³-hybridized carbons (Fsp3) is 0.938. The minimum absolute atomic E-state index is 0. The lowest BCUT2D eigenvalue weighted by Crippen LogP contribution is -2.43. The van der Waals surface area contributed by atoms with Crippen molar-refractivity contribution < 1.29 is 8.42 Å². The van der Waals surface area contributed by atoms with Crippen LogP contribution in [0.5, 0.6) is 0 Å². The molecule has 2 N–H and O–H groups in total. The summed E-state index contributed by atoms with van der Waals surface area (Å²) in [5.41, 5.74) is 0. The van der Waals surface area contributed by atoms with E-state index in [1.165, 1.54) is 45.0 Å². The maximum Gasteiger partial charge on any atom is 0.191 e. The fourth-order valence-corrected chi connectivity index (χ4v) is 3.54. The SMILES string of the molecule is CN=C(NCCCN1CCCCCC1)NC(C)CCS(C)(=O)=O.I. The van der Waals surface area contributed by atoms with Gasteiger partial charge in [0.15, 0.2) is 5.96 Å². The van der Waals surface area contributed by atoms with E-state index in [0.717, 1.165) is 25.5 Å². The molecule has 1 rings (SSSR count). The van der Waals surface area contributed by atoms with Crippen LogP contribution in [0.3, 0.4) is 0 Å². The van der Waals surface area contributed by atoms with Gasteiger partial charge in [0, 0.05) is 25.9 Å². The van der Waals surface area contributed by atoms with Crippen LogP contribution in [0.15, 0.2) is 4.99 Å². The molecular formula is C16H35IN4O2S. The molecule has 0 saturated carbocycles. The van der Waals surface area contributed by atoms with Crippen LogP contribution in [-0.2, 0) is 9.84 Å². The summed E-state index contributed by atoms with van der Waals surface area (Å²) >= 11 is 0. The second kappa shape index (κ2) is 13.2. The highest BCUT2D eigenvalue weighted by Crippen LogP contribution is 2.09. The highest BCUT2D eigenvalue weighted by Gasteiger charge is 2.10. The van der Waals surface area contributed by atoms with Gasteiger partial charge in [-0.2, -0.15) is 0 Å². The minimum Gasteiger partial charge on any atom is -0.356 e. The highest BCUT2D eigenvalue weighted by atomic mass is 127. The average molecular weight is 474 g/mol. The van der Waals surface area contributed by atoms with Crippen molar-refractivity contribution in [3.8, 4) is 0 Å². The molecule has 8 heteroatoms. The van der Waals surface area contributed by atoms with Crippen molar-refractivity contribution in [2.75, 3.05) is 45.2 Å². The molecule has 1 atom stereocenters. The monoisotopic (exact) mass is 474 g/mol. The van der Waals surface area contributed by atoms with Crippen molar-refractivity contribution in [1.82, 2.24) is 15.5 Å². The van der Waals surface area contributed by atoms with Crippen molar-refractivity contribution in [2.24, 2.45) is 4.99 Å². The number of hydrogen-bond donors (Lipinski definition) is 2. The van der Waals surface area contributed by atoms with Gasteiger partial charge in [0.2, 0.25) is 0 Å². The van der Waals surface area contributed by atoms with Gasteiger partial charge in [0.05, 0.1) is 5.75 Å². The second-order valence-electron chi connectivity index (χ2n) is 6.57. The van der Waals surface area contributed by atoms with Crippen LogP contribution in [0.4, 0.5) is 0 Å². The summed E-state index contributed by atoms with van der Waals surface area (Å²) in [5.74, 6) is 0.953. The Kier molecular flexibility index (Phi) is 13.1. The number of nitrogens with one attached hydrogen (secondary N) is 2. The second-order valence-corrected chi connectivity index (χ2v) is 8.83. The van der Waals surface area contributed by atoms with Crippen LogP contribution in [0, 0.1) is 0 Å². The molecule has 144 valence electrons. The van der Waals surface area contributed by atoms with Crippen molar-refractivity contribution in [3.63, 3.8) is 0 Å². The molecule has 0 amide bonds. The molecule has 6 nitrogen and oxygen atoms in total. The molecule has 0 aromatic rings. The van der Waals surface area contributed by atoms with E-state index in [0.29, 0.717) is 6.42 Å². The van der Waals surface area contributed by atoms with E-state index in [9.17, 15) is 8.42 Å². The van der Waals surface area contributed by atoms with Gasteiger partial charge in [0.25, 0.3) is 0 Å². The number of nitrogens with zero attached hydrogens (tertiary/aromatic N) is 2. The third kappa shape index (κ3) is 12.3. The van der Waals surface area contributed by atoms with E-state index in [4.69, 9.17) is 0 Å². The normalized spacial score (nSPS) is 18.4. The lowest BCUT2D eigenvalue weighted by molar-refractivity contribution is 0.282. The number of guanidine groups is 1. The van der Waals surface area contributed by atoms with Crippen LogP contribution in [0.25, 0.3) is 0 Å². The Hall–Kier alpha value is -0.0900. The van der Waals surface area contributed by atoms with Gasteiger partial charge < -0.3 is 15.5 Å². The molecule has 1 aliphatic heterocycles. The van der Waals surface area contributed by atoms with Crippen molar-refractivity contribution >= 4 is 39.8 Å². The molecule has 0 spiro atoms. The van der Waals surface area contributed by atoms with E-state index in [1.807, 2.05) is 6.92 Å². The number of sulfone groups is 1. The Labute approximate surface area is 165 Å². The topological polar surface area (TPSA) is 73.8 Å². The quantitative estimate of drug-likeness (QED) is 0.243. The predicted octanol–water partition coefficient (Wildman–Crippen LogP) is 1.86. The molecule has 0 radical (unpaired) electrons. The minimum atomic E-state index is -2.90. The Morgan fingerprint density at radius 2 is 1.83 bits per heavy atom. The molecule has 24 heavy (non-hydrogen) atoms. The summed E-state index contributed by atoms with van der Waals surface area (Å²) in [5, 5.41) is 6.56. The van der Waals surface area contributed by atoms with Crippen molar-refractivity contribution in [1.29, 1.82) is 0 Å². The lowest BCUT2D eigenvalue weighted by Gasteiger charge is -2.21. The van der Waals surface area contributed by atoms with Gasteiger partial charge >= 0.3 is 0 Å². The predicted molar refractivity (Wildman–Crippen MR) is 113 cm³/mol. The van der Waals surface area contributed by atoms with Crippen LogP contribution >= 0.6 is 24.0 Å². The maximum absolute atomic E-state index is 11.2. The van der Waals surface area contributed by atoms with Gasteiger partial charge in [-0.25, -0.2) is 8.42 Å². The van der Waals surface area contributed by atoms with Gasteiger partial charge in [-0.3, -0.25) is 4.99 Å². The highest BCUT2D eigenvalue weighted by molar-refractivity contribution is 14.0. The van der Waals surface area contributed by atoms with Crippen LogP contribution < -0.4 is 10.6 Å². The van der Waals surface area contributed by atoms with Crippen LogP contribution in [0.1, 0.15) is 45.4 Å². The molecule has 0 aliphatic carbocycles. The third-order valence-electron chi connectivity index (χ3n) is 4.17. The first-order valence-corrected chi connectivity index (χ1v) is 10.8. The summed E-state index contributed by atoms with van der Waals surface area (Å²) < 4.78 is 22.4. The van der Waals surface area contributed by atoms with Crippen molar-refractivity contribution in [2.45, 2.75) is 51.5 Å². The first kappa shape index (κ1) is 23.9. The summed E-state index contributed by atoms with van der Waals surface area (Å²) in [6.45, 7) is 6.46. The first-order chi connectivity index (χ1) is 10.9. The van der Waals surface area contributed by atoms with Gasteiger partial charge in [-0.1, -0.05) is 12.8 Å². The van der Waals surface area contributed by atoms with E-state index >= 15 is 0 Å². The third-order valence-corrected chi connectivity index (χ3v) is 5.15. The summed E-state index contributed by atoms with van der Waals surface area (Å²) in [4.78, 5) is 6.76. The Bertz CT molecular complexity index is 449. The number of aliphatic imine (C=N–C) groups is 1. The lowest BCUT2D eigenvalue weighted by atomic mass is 10.2. The maximum atomic E-state index is 11.2. The van der Waals surface area contributed by atoms with E-state index in [2.05, 4.69) is 20.5 Å². The number of rotatable bonds is 8. The standard InChI is InChI=1S/C16H34N4O2S.HI/c1-15(9-14-23(3,21)22)19-16(17-2)18-10-8-13-20-11-6-4-5-7-12-20;/h15H,4-14H2,1-3H3,(H2,17,18,19);1H. The zero-order chi connectivity index (χ0) is 17.1. The van der Waals surface area contributed by atoms with E-state index in [-0.39, 0.29) is 35.8 Å². The molecule has 1 aliphatic rings. The molecule has 1 unspecified atom stereocenters. The Balaban J connectivity index is 0.00000529. The fourth-order valence-electron chi connectivity index (χ4n) is 2.76. The Morgan fingerprint density at radius 3 is 2.38 bits per heavy atom. The van der Waals surface area contributed by atoms with Gasteiger partial charge in [-0.05, 0) is 52.2 Å². The molecule has 0 aromatic carbocycles. The summed E-state index contributed by atoms with van der Waals surface area (Å²) in [6, 6.07) is 0.0848. The van der Waals surface area contributed by atoms with Gasteiger partial charge in [0.1, 0.15) is 9.84 Å². The summed E-state index contributed by atoms with van der Waals surface area (Å²) in [6.07, 6.45) is 8.36. The molecule has 0 bridgehead atoms. The van der Waals surface area contributed by atoms with Crippen LogP contribution in [0.2, 0.25) is 0 Å². The van der Waals surface area contributed by atoms with Crippen molar-refractivity contribution in [3.05, 3.63) is 0 Å². The molecule has 0 aromatic heterocycles. The Morgan fingerprint density at radius 1 is 1.21 bits per heavy atom. The number of halogens is 1. The zero-order valence-corrected chi connectivity index (χ0v) is 18.5. The number of likely N-dealkylation sites (tertiary alicyclic amines) is 1. The summed E-state index contributed by atoms with van der Waals surface area (Å²) in [7, 11) is -1.16. The number of hydrogen-bond acceptors (Lipinski definition) is 4. The van der Waals surface area contributed by atoms with E-state index in [1.54, 1.807) is 7.05 Å².